The van der Waals surface area contributed by atoms with Gasteiger partial charge in [-0.25, -0.2) is 4.79 Å². The van der Waals surface area contributed by atoms with E-state index in [9.17, 15) is 9.59 Å². The lowest BCUT2D eigenvalue weighted by molar-refractivity contribution is 0.367. The third kappa shape index (κ3) is 4.32. The van der Waals surface area contributed by atoms with E-state index in [1.807, 2.05) is 43.0 Å². The minimum absolute atomic E-state index is 0.285. The summed E-state index contributed by atoms with van der Waals surface area (Å²) in [5, 5.41) is 0. The van der Waals surface area contributed by atoms with Gasteiger partial charge in [0.1, 0.15) is 18.0 Å². The van der Waals surface area contributed by atoms with Crippen LogP contribution in [0, 0.1) is 18.8 Å². The van der Waals surface area contributed by atoms with Crippen molar-refractivity contribution in [3.8, 4) is 17.6 Å². The van der Waals surface area contributed by atoms with E-state index in [0.717, 1.165) is 15.9 Å². The Morgan fingerprint density at radius 2 is 1.88 bits per heavy atom. The molecule has 0 amide bonds. The van der Waals surface area contributed by atoms with E-state index in [2.05, 4.69) is 11.8 Å². The Hall–Kier alpha value is -2.94. The first kappa shape index (κ1) is 18.4. The van der Waals surface area contributed by atoms with Gasteiger partial charge in [-0.15, -0.1) is 0 Å². The molecule has 0 N–H and O–H groups in total. The summed E-state index contributed by atoms with van der Waals surface area (Å²) >= 11 is 0. The minimum atomic E-state index is -0.345. The Morgan fingerprint density at radius 3 is 2.56 bits per heavy atom. The van der Waals surface area contributed by atoms with Gasteiger partial charge in [0.05, 0.1) is 6.54 Å². The van der Waals surface area contributed by atoms with Gasteiger partial charge in [0, 0.05) is 26.8 Å². The van der Waals surface area contributed by atoms with Crippen LogP contribution in [0.4, 0.5) is 5.69 Å². The van der Waals surface area contributed by atoms with E-state index in [-0.39, 0.29) is 17.9 Å². The highest BCUT2D eigenvalue weighted by atomic mass is 16.5. The lowest BCUT2D eigenvalue weighted by Crippen LogP contribution is -2.41. The van der Waals surface area contributed by atoms with Crippen molar-refractivity contribution in [2.45, 2.75) is 13.8 Å². The fourth-order valence-electron chi connectivity index (χ4n) is 2.41. The van der Waals surface area contributed by atoms with Gasteiger partial charge in [0.25, 0.3) is 5.56 Å². The predicted octanol–water partition coefficient (Wildman–Crippen LogP) is 1.30. The van der Waals surface area contributed by atoms with Crippen molar-refractivity contribution in [1.82, 2.24) is 9.13 Å². The van der Waals surface area contributed by atoms with E-state index >= 15 is 0 Å². The smallest absolute Gasteiger partial charge is 0.330 e. The molecular formula is C19H23N3O3. The van der Waals surface area contributed by atoms with E-state index < -0.39 is 0 Å². The first-order chi connectivity index (χ1) is 12.0. The van der Waals surface area contributed by atoms with Crippen molar-refractivity contribution in [2.24, 2.45) is 14.1 Å². The normalized spacial score (nSPS) is 10.1. The van der Waals surface area contributed by atoms with Gasteiger partial charge in [0.15, 0.2) is 0 Å². The molecule has 0 fully saturated rings. The van der Waals surface area contributed by atoms with Crippen LogP contribution in [0.2, 0.25) is 0 Å². The van der Waals surface area contributed by atoms with Crippen LogP contribution in [0.5, 0.6) is 5.75 Å². The second-order valence-electron chi connectivity index (χ2n) is 5.69. The van der Waals surface area contributed by atoms with E-state index in [1.165, 1.54) is 11.6 Å². The number of nitrogens with zero attached hydrogens (tertiary/aromatic N) is 3. The zero-order chi connectivity index (χ0) is 18.4. The number of para-hydroxylation sites is 1. The van der Waals surface area contributed by atoms with Crippen LogP contribution in [0.15, 0.2) is 40.1 Å². The van der Waals surface area contributed by atoms with Crippen molar-refractivity contribution in [2.75, 3.05) is 24.6 Å². The van der Waals surface area contributed by atoms with Crippen LogP contribution >= 0.6 is 0 Å². The molecule has 132 valence electrons. The molecule has 0 spiro atoms. The summed E-state index contributed by atoms with van der Waals surface area (Å²) in [7, 11) is 3.10. The fraction of sp³-hybridized carbons (Fsp3) is 0.368. The molecule has 1 heterocycles. The molecule has 0 radical (unpaired) electrons. The topological polar surface area (TPSA) is 56.5 Å². The van der Waals surface area contributed by atoms with Gasteiger partial charge in [-0.2, -0.15) is 0 Å². The largest absolute Gasteiger partial charge is 0.481 e. The Balaban J connectivity index is 2.06. The number of rotatable bonds is 5. The number of hydrogen-bond donors (Lipinski definition) is 0. The summed E-state index contributed by atoms with van der Waals surface area (Å²) in [5.41, 5.74) is 0.861. The van der Waals surface area contributed by atoms with Crippen LogP contribution in [0.25, 0.3) is 0 Å². The molecule has 0 unspecified atom stereocenters. The molecule has 0 atom stereocenters. The first-order valence-corrected chi connectivity index (χ1v) is 8.11. The molecule has 0 bridgehead atoms. The van der Waals surface area contributed by atoms with Crippen molar-refractivity contribution < 1.29 is 4.74 Å². The lowest BCUT2D eigenvalue weighted by atomic mass is 10.2. The first-order valence-electron chi connectivity index (χ1n) is 8.11. The van der Waals surface area contributed by atoms with Crippen LogP contribution in [-0.4, -0.2) is 28.8 Å². The fourth-order valence-corrected chi connectivity index (χ4v) is 2.41. The van der Waals surface area contributed by atoms with Crippen molar-refractivity contribution >= 4 is 5.69 Å². The standard InChI is InChI=1S/C19H23N3O3/c1-5-22(16-14-20(3)19(24)21(4)18(16)23)12-8-9-13-25-17-11-7-6-10-15(17)2/h6-7,10-11,14H,5,12-13H2,1-4H3. The zero-order valence-corrected chi connectivity index (χ0v) is 15.1. The van der Waals surface area contributed by atoms with E-state index in [1.54, 1.807) is 13.2 Å². The average molecular weight is 341 g/mol. The summed E-state index contributed by atoms with van der Waals surface area (Å²) in [5.74, 6) is 6.80. The van der Waals surface area contributed by atoms with Gasteiger partial charge in [-0.1, -0.05) is 30.0 Å². The quantitative estimate of drug-likeness (QED) is 0.770. The second kappa shape index (κ2) is 8.25. The molecule has 0 saturated heterocycles. The Kier molecular flexibility index (Phi) is 6.07. The van der Waals surface area contributed by atoms with Gasteiger partial charge >= 0.3 is 5.69 Å². The third-order valence-electron chi connectivity index (χ3n) is 3.94. The number of aryl methyl sites for hydroxylation is 2. The Bertz CT molecular complexity index is 916. The lowest BCUT2D eigenvalue weighted by Gasteiger charge is -2.20. The molecule has 6 nitrogen and oxygen atoms in total. The van der Waals surface area contributed by atoms with E-state index in [0.29, 0.717) is 18.8 Å². The number of ether oxygens (including phenoxy) is 1. The number of hydrogen-bond acceptors (Lipinski definition) is 4. The minimum Gasteiger partial charge on any atom is -0.481 e. The molecule has 25 heavy (non-hydrogen) atoms. The molecule has 0 saturated carbocycles. The predicted molar refractivity (Wildman–Crippen MR) is 99.3 cm³/mol. The second-order valence-corrected chi connectivity index (χ2v) is 5.69. The third-order valence-corrected chi connectivity index (χ3v) is 3.94. The maximum absolute atomic E-state index is 12.3. The van der Waals surface area contributed by atoms with Gasteiger partial charge in [-0.3, -0.25) is 9.36 Å². The van der Waals surface area contributed by atoms with Crippen molar-refractivity contribution in [3.05, 3.63) is 56.9 Å². The molecule has 1 aromatic carbocycles. The molecule has 0 aliphatic heterocycles. The van der Waals surface area contributed by atoms with Crippen molar-refractivity contribution in [3.63, 3.8) is 0 Å². The SMILES string of the molecule is CCN(CC#CCOc1ccccc1C)c1cn(C)c(=O)n(C)c1=O. The zero-order valence-electron chi connectivity index (χ0n) is 15.1. The molecular weight excluding hydrogens is 318 g/mol. The molecule has 2 rings (SSSR count). The van der Waals surface area contributed by atoms with Crippen LogP contribution < -0.4 is 20.9 Å². The molecule has 0 aliphatic carbocycles. The monoisotopic (exact) mass is 341 g/mol. The maximum atomic E-state index is 12.3. The molecule has 2 aromatic rings. The van der Waals surface area contributed by atoms with Gasteiger partial charge in [0.2, 0.25) is 0 Å². The van der Waals surface area contributed by atoms with E-state index in [4.69, 9.17) is 4.74 Å². The maximum Gasteiger partial charge on any atom is 0.330 e. The highest BCUT2D eigenvalue weighted by Crippen LogP contribution is 2.15. The van der Waals surface area contributed by atoms with Crippen molar-refractivity contribution in [1.29, 1.82) is 0 Å². The van der Waals surface area contributed by atoms with Crippen LogP contribution in [0.1, 0.15) is 12.5 Å². The molecule has 6 heteroatoms. The highest BCUT2D eigenvalue weighted by Gasteiger charge is 2.12. The summed E-state index contributed by atoms with van der Waals surface area (Å²) in [4.78, 5) is 25.9. The summed E-state index contributed by atoms with van der Waals surface area (Å²) in [6.45, 7) is 5.21. The molecule has 0 aliphatic rings. The van der Waals surface area contributed by atoms with Gasteiger partial charge < -0.3 is 14.2 Å². The Morgan fingerprint density at radius 1 is 1.16 bits per heavy atom. The number of benzene rings is 1. The van der Waals surface area contributed by atoms with Crippen LogP contribution in [0.3, 0.4) is 0 Å². The highest BCUT2D eigenvalue weighted by molar-refractivity contribution is 5.43. The average Bonchev–Trinajstić information content (AvgIpc) is 2.61. The van der Waals surface area contributed by atoms with Crippen LogP contribution in [-0.2, 0) is 14.1 Å². The van der Waals surface area contributed by atoms with Gasteiger partial charge in [-0.05, 0) is 25.5 Å². The Labute approximate surface area is 147 Å². The summed E-state index contributed by atoms with van der Waals surface area (Å²) in [6, 6.07) is 7.77. The number of aromatic nitrogens is 2. The summed E-state index contributed by atoms with van der Waals surface area (Å²) in [6.07, 6.45) is 1.56. The number of anilines is 1. The molecule has 1 aromatic heterocycles. The summed E-state index contributed by atoms with van der Waals surface area (Å²) < 4.78 is 8.13.